The first-order valence-corrected chi connectivity index (χ1v) is 34.4. The maximum atomic E-state index is 12.9. The number of hydrogen-bond acceptors (Lipinski definition) is 6. The molecule has 0 aliphatic carbocycles. The minimum Gasteiger partial charge on any atom is -0.462 e. The van der Waals surface area contributed by atoms with Gasteiger partial charge in [-0.2, -0.15) is 0 Å². The largest absolute Gasteiger partial charge is 0.462 e. The van der Waals surface area contributed by atoms with Crippen LogP contribution >= 0.6 is 0 Å². The van der Waals surface area contributed by atoms with Crippen LogP contribution in [0.2, 0.25) is 0 Å². The Morgan fingerprint density at radius 1 is 0.259 bits per heavy atom. The predicted molar refractivity (Wildman–Crippen MR) is 353 cm³/mol. The summed E-state index contributed by atoms with van der Waals surface area (Å²) in [4.78, 5) is 38.3. The van der Waals surface area contributed by atoms with Crippen LogP contribution in [-0.4, -0.2) is 37.2 Å². The number of allylic oxidation sites excluding steroid dienone is 18. The smallest absolute Gasteiger partial charge is 0.306 e. The summed E-state index contributed by atoms with van der Waals surface area (Å²) in [6, 6.07) is 0. The topological polar surface area (TPSA) is 78.9 Å². The monoisotopic (exact) mass is 1120 g/mol. The molecule has 1 unspecified atom stereocenters. The van der Waals surface area contributed by atoms with Crippen LogP contribution in [0.25, 0.3) is 0 Å². The molecule has 81 heavy (non-hydrogen) atoms. The minimum absolute atomic E-state index is 0.0925. The van der Waals surface area contributed by atoms with Gasteiger partial charge in [0.2, 0.25) is 0 Å². The molecule has 0 amide bonds. The van der Waals surface area contributed by atoms with Crippen LogP contribution in [-0.2, 0) is 28.6 Å². The number of hydrogen-bond donors (Lipinski definition) is 0. The normalized spacial score (nSPS) is 12.8. The third kappa shape index (κ3) is 66.8. The van der Waals surface area contributed by atoms with Crippen molar-refractivity contribution in [1.82, 2.24) is 0 Å². The van der Waals surface area contributed by atoms with Gasteiger partial charge >= 0.3 is 17.9 Å². The van der Waals surface area contributed by atoms with Crippen molar-refractivity contribution in [3.05, 3.63) is 109 Å². The van der Waals surface area contributed by atoms with Crippen molar-refractivity contribution >= 4 is 17.9 Å². The van der Waals surface area contributed by atoms with Gasteiger partial charge in [-0.3, -0.25) is 14.4 Å². The summed E-state index contributed by atoms with van der Waals surface area (Å²) in [5.74, 6) is -0.942. The number of esters is 3. The average Bonchev–Trinajstić information content (AvgIpc) is 3.47. The quantitative estimate of drug-likeness (QED) is 0.0261. The Bertz CT molecular complexity index is 1620. The van der Waals surface area contributed by atoms with Gasteiger partial charge in [-0.05, 0) is 83.5 Å². The summed E-state index contributed by atoms with van der Waals surface area (Å²) in [6.07, 6.45) is 94.1. The zero-order valence-corrected chi connectivity index (χ0v) is 53.3. The molecular formula is C75H128O6. The summed E-state index contributed by atoms with van der Waals surface area (Å²) in [5, 5.41) is 0. The standard InChI is InChI=1S/C75H128O6/c1-4-7-10-13-16-19-22-24-26-28-30-32-34-35-36-37-38-39-41-42-44-46-48-50-53-56-59-62-65-68-74(77)80-71-72(70-79-73(76)67-64-61-58-55-52-21-18-15-12-9-6-3)81-75(78)69-66-63-60-57-54-51-49-47-45-43-40-33-31-29-27-25-23-20-17-14-11-8-5-2/h7,10,16,19,24,26,30,32,35-36,38-39,42,44,48,50,56,59,72H,4-6,8-9,11-15,17-18,20-23,25,27-29,31,33-34,37,40-41,43,45-47,49,51-55,57-58,60-71H2,1-3H3/b10-7-,19-16-,26-24-,32-30-,36-35-,39-38-,44-42-,50-48-,59-56-. The Morgan fingerprint density at radius 3 is 0.753 bits per heavy atom. The summed E-state index contributed by atoms with van der Waals surface area (Å²) in [6.45, 7) is 6.51. The van der Waals surface area contributed by atoms with E-state index < -0.39 is 6.10 Å². The van der Waals surface area contributed by atoms with Gasteiger partial charge in [0.1, 0.15) is 13.2 Å². The highest BCUT2D eigenvalue weighted by Gasteiger charge is 2.19. The van der Waals surface area contributed by atoms with Crippen LogP contribution in [0, 0.1) is 0 Å². The minimum atomic E-state index is -0.800. The Morgan fingerprint density at radius 2 is 0.481 bits per heavy atom. The molecule has 0 aliphatic rings. The summed E-state index contributed by atoms with van der Waals surface area (Å²) >= 11 is 0. The van der Waals surface area contributed by atoms with Gasteiger partial charge in [-0.15, -0.1) is 0 Å². The molecule has 0 radical (unpaired) electrons. The first-order chi connectivity index (χ1) is 40.0. The molecule has 0 saturated carbocycles. The van der Waals surface area contributed by atoms with Crippen LogP contribution in [0.15, 0.2) is 109 Å². The van der Waals surface area contributed by atoms with Gasteiger partial charge in [-0.1, -0.05) is 336 Å². The van der Waals surface area contributed by atoms with Crippen LogP contribution in [0.1, 0.15) is 329 Å². The van der Waals surface area contributed by atoms with E-state index in [1.165, 1.54) is 180 Å². The van der Waals surface area contributed by atoms with Gasteiger partial charge < -0.3 is 14.2 Å². The Labute approximate surface area is 501 Å². The highest BCUT2D eigenvalue weighted by Crippen LogP contribution is 2.17. The van der Waals surface area contributed by atoms with Crippen molar-refractivity contribution in [3.63, 3.8) is 0 Å². The Balaban J connectivity index is 4.35. The molecule has 0 aromatic rings. The van der Waals surface area contributed by atoms with E-state index in [1.54, 1.807) is 0 Å². The van der Waals surface area contributed by atoms with Gasteiger partial charge in [0.05, 0.1) is 0 Å². The van der Waals surface area contributed by atoms with E-state index in [0.717, 1.165) is 103 Å². The summed E-state index contributed by atoms with van der Waals surface area (Å²) in [7, 11) is 0. The molecule has 0 aliphatic heterocycles. The van der Waals surface area contributed by atoms with Crippen LogP contribution < -0.4 is 0 Å². The highest BCUT2D eigenvalue weighted by molar-refractivity contribution is 5.71. The molecule has 464 valence electrons. The fourth-order valence-electron chi connectivity index (χ4n) is 9.68. The number of carbonyl (C=O) groups excluding carboxylic acids is 3. The van der Waals surface area contributed by atoms with Crippen molar-refractivity contribution < 1.29 is 28.6 Å². The SMILES string of the molecule is CC/C=C\C/C=C\C/C=C\C/C=C\C/C=C\C/C=C\C/C=C\C/C=C\C/C=C\CCCC(=O)OCC(COC(=O)CCCCCCCCCCCCC)OC(=O)CCCCCCCCCCCCCCCCCCCCCCCCC. The first kappa shape index (κ1) is 77.1. The number of carbonyl (C=O) groups is 3. The molecule has 6 nitrogen and oxygen atoms in total. The van der Waals surface area contributed by atoms with Crippen molar-refractivity contribution in [3.8, 4) is 0 Å². The van der Waals surface area contributed by atoms with Crippen LogP contribution in [0.4, 0.5) is 0 Å². The van der Waals surface area contributed by atoms with E-state index in [-0.39, 0.29) is 37.5 Å². The lowest BCUT2D eigenvalue weighted by Gasteiger charge is -2.18. The van der Waals surface area contributed by atoms with E-state index in [2.05, 4.69) is 130 Å². The second-order valence-corrected chi connectivity index (χ2v) is 22.7. The molecule has 0 aromatic carbocycles. The lowest BCUT2D eigenvalue weighted by molar-refractivity contribution is -0.167. The van der Waals surface area contributed by atoms with E-state index in [4.69, 9.17) is 14.2 Å². The molecule has 6 heteroatoms. The van der Waals surface area contributed by atoms with E-state index in [1.807, 2.05) is 0 Å². The third-order valence-electron chi connectivity index (χ3n) is 14.8. The lowest BCUT2D eigenvalue weighted by atomic mass is 10.0. The molecule has 0 fully saturated rings. The third-order valence-corrected chi connectivity index (χ3v) is 14.8. The van der Waals surface area contributed by atoms with Gasteiger partial charge in [-0.25, -0.2) is 0 Å². The predicted octanol–water partition coefficient (Wildman–Crippen LogP) is 23.8. The molecule has 0 spiro atoms. The van der Waals surface area contributed by atoms with Gasteiger partial charge in [0, 0.05) is 19.3 Å². The Kier molecular flexibility index (Phi) is 65.2. The molecular weight excluding hydrogens is 997 g/mol. The fourth-order valence-corrected chi connectivity index (χ4v) is 9.68. The summed E-state index contributed by atoms with van der Waals surface area (Å²) < 4.78 is 16.9. The maximum absolute atomic E-state index is 12.9. The number of rotatable bonds is 62. The second kappa shape index (κ2) is 68.6. The van der Waals surface area contributed by atoms with Gasteiger partial charge in [0.15, 0.2) is 6.10 Å². The Hall–Kier alpha value is -3.93. The van der Waals surface area contributed by atoms with E-state index >= 15 is 0 Å². The molecule has 0 bridgehead atoms. The zero-order chi connectivity index (χ0) is 58.5. The second-order valence-electron chi connectivity index (χ2n) is 22.7. The first-order valence-electron chi connectivity index (χ1n) is 34.4. The molecule has 1 atom stereocenters. The fraction of sp³-hybridized carbons (Fsp3) is 0.720. The lowest BCUT2D eigenvalue weighted by Crippen LogP contribution is -2.30. The van der Waals surface area contributed by atoms with E-state index in [9.17, 15) is 14.4 Å². The summed E-state index contributed by atoms with van der Waals surface area (Å²) in [5.41, 5.74) is 0. The average molecular weight is 1130 g/mol. The van der Waals surface area contributed by atoms with Crippen LogP contribution in [0.3, 0.4) is 0 Å². The highest BCUT2D eigenvalue weighted by atomic mass is 16.6. The van der Waals surface area contributed by atoms with Crippen molar-refractivity contribution in [2.24, 2.45) is 0 Å². The number of unbranched alkanes of at least 4 members (excludes halogenated alkanes) is 33. The van der Waals surface area contributed by atoms with E-state index in [0.29, 0.717) is 19.3 Å². The molecule has 0 aromatic heterocycles. The van der Waals surface area contributed by atoms with Crippen molar-refractivity contribution in [2.75, 3.05) is 13.2 Å². The maximum Gasteiger partial charge on any atom is 0.306 e. The van der Waals surface area contributed by atoms with Gasteiger partial charge in [0.25, 0.3) is 0 Å². The van der Waals surface area contributed by atoms with Crippen molar-refractivity contribution in [1.29, 1.82) is 0 Å². The molecule has 0 N–H and O–H groups in total. The van der Waals surface area contributed by atoms with Crippen LogP contribution in [0.5, 0.6) is 0 Å². The molecule has 0 saturated heterocycles. The number of ether oxygens (including phenoxy) is 3. The molecule has 0 heterocycles. The molecule has 0 rings (SSSR count). The zero-order valence-electron chi connectivity index (χ0n) is 53.3. The van der Waals surface area contributed by atoms with Crippen molar-refractivity contribution in [2.45, 2.75) is 335 Å².